The Bertz CT molecular complexity index is 2120. The predicted molar refractivity (Wildman–Crippen MR) is 184 cm³/mol. The number of hydrogen-bond donors (Lipinski definition) is 0. The van der Waals surface area contributed by atoms with Crippen LogP contribution in [0, 0.1) is 0 Å². The summed E-state index contributed by atoms with van der Waals surface area (Å²) in [7, 11) is 0. The minimum atomic E-state index is 1.07. The summed E-state index contributed by atoms with van der Waals surface area (Å²) in [5, 5.41) is 2.41. The molecule has 2 heteroatoms. The van der Waals surface area contributed by atoms with Crippen LogP contribution in [0.1, 0.15) is 6.92 Å². The smallest absolute Gasteiger partial charge is 0.0541 e. The number of aromatic nitrogens is 2. The summed E-state index contributed by atoms with van der Waals surface area (Å²) in [6.07, 6.45) is 8.15. The van der Waals surface area contributed by atoms with Crippen molar-refractivity contribution in [2.75, 3.05) is 0 Å². The van der Waals surface area contributed by atoms with Gasteiger partial charge in [0.1, 0.15) is 0 Å². The van der Waals surface area contributed by atoms with Crippen molar-refractivity contribution in [2.45, 2.75) is 6.92 Å². The van der Waals surface area contributed by atoms with Gasteiger partial charge in [-0.05, 0) is 77.7 Å². The fourth-order valence-corrected chi connectivity index (χ4v) is 6.03. The van der Waals surface area contributed by atoms with E-state index in [1.165, 1.54) is 44.2 Å². The monoisotopic (exact) mass is 552 g/mol. The van der Waals surface area contributed by atoms with Crippen LogP contribution in [0.5, 0.6) is 0 Å². The molecule has 2 heterocycles. The maximum atomic E-state index is 4.00. The van der Waals surface area contributed by atoms with Gasteiger partial charge in [0.15, 0.2) is 0 Å². The molecule has 0 fully saturated rings. The largest absolute Gasteiger partial charge is 0.309 e. The van der Waals surface area contributed by atoms with Gasteiger partial charge in [0, 0.05) is 22.2 Å². The van der Waals surface area contributed by atoms with Crippen LogP contribution in [-0.2, 0) is 0 Å². The summed E-state index contributed by atoms with van der Waals surface area (Å²) in [5.41, 5.74) is 11.6. The lowest BCUT2D eigenvalue weighted by atomic mass is 10.0. The molecule has 0 bridgehead atoms. The molecule has 0 N–H and O–H groups in total. The molecule has 0 radical (unpaired) electrons. The molecule has 0 atom stereocenters. The summed E-state index contributed by atoms with van der Waals surface area (Å²) in [6, 6.07) is 50.0. The van der Waals surface area contributed by atoms with Crippen LogP contribution in [0.3, 0.4) is 0 Å². The van der Waals surface area contributed by atoms with E-state index in [-0.39, 0.29) is 0 Å². The molecule has 0 saturated carbocycles. The van der Waals surface area contributed by atoms with Gasteiger partial charge in [0.05, 0.1) is 22.4 Å². The number of hydrogen-bond acceptors (Lipinski definition) is 0. The normalized spacial score (nSPS) is 12.0. The van der Waals surface area contributed by atoms with Crippen LogP contribution < -0.4 is 0 Å². The standard InChI is InChI=1S/C41H32N2/c1-3-14-36(15-4-2)42-38(30-16-8-5-9-17-30)28-34-24-22-32(26-40(34)42)33-23-25-35-29-39(31-18-10-6-11-19-31)43(41(35)27-33)37-20-12-7-13-21-37/h3-29H,1H2,2H3/b15-4-,36-14+. The van der Waals surface area contributed by atoms with Crippen LogP contribution >= 0.6 is 0 Å². The maximum Gasteiger partial charge on any atom is 0.0541 e. The average Bonchev–Trinajstić information content (AvgIpc) is 3.64. The third kappa shape index (κ3) is 4.83. The number of nitrogens with zero attached hydrogens (tertiary/aromatic N) is 2. The van der Waals surface area contributed by atoms with E-state index in [1.54, 1.807) is 0 Å². The minimum Gasteiger partial charge on any atom is -0.309 e. The highest BCUT2D eigenvalue weighted by Crippen LogP contribution is 2.37. The quantitative estimate of drug-likeness (QED) is 0.174. The first-order valence-corrected chi connectivity index (χ1v) is 14.7. The Labute approximate surface area is 252 Å². The lowest BCUT2D eigenvalue weighted by Gasteiger charge is -2.14. The second-order valence-electron chi connectivity index (χ2n) is 10.7. The summed E-state index contributed by atoms with van der Waals surface area (Å²) in [6.45, 7) is 6.05. The van der Waals surface area contributed by atoms with E-state index in [0.29, 0.717) is 0 Å². The second kappa shape index (κ2) is 11.3. The van der Waals surface area contributed by atoms with E-state index < -0.39 is 0 Å². The number of fused-ring (bicyclic) bond motifs is 2. The molecule has 2 aromatic heterocycles. The molecule has 2 nitrogen and oxygen atoms in total. The van der Waals surface area contributed by atoms with Crippen molar-refractivity contribution in [2.24, 2.45) is 0 Å². The van der Waals surface area contributed by atoms with Crippen LogP contribution in [0.4, 0.5) is 0 Å². The molecular weight excluding hydrogens is 520 g/mol. The van der Waals surface area contributed by atoms with Gasteiger partial charge in [0.25, 0.3) is 0 Å². The highest BCUT2D eigenvalue weighted by molar-refractivity contribution is 5.97. The highest BCUT2D eigenvalue weighted by atomic mass is 15.0. The zero-order chi connectivity index (χ0) is 29.2. The third-order valence-corrected chi connectivity index (χ3v) is 7.98. The molecule has 7 aromatic rings. The second-order valence-corrected chi connectivity index (χ2v) is 10.7. The van der Waals surface area contributed by atoms with E-state index in [9.17, 15) is 0 Å². The SMILES string of the molecule is C=C/C=C(\C=C/C)n1c(-c2ccccc2)cc2ccc(-c3ccc4cc(-c5ccccc5)n(-c5ccccc5)c4c3)cc21. The molecule has 5 aromatic carbocycles. The Morgan fingerprint density at radius 3 is 1.70 bits per heavy atom. The van der Waals surface area contributed by atoms with Crippen molar-refractivity contribution in [1.82, 2.24) is 9.13 Å². The Kier molecular flexibility index (Phi) is 6.94. The van der Waals surface area contributed by atoms with Crippen molar-refractivity contribution >= 4 is 27.5 Å². The molecule has 0 aliphatic heterocycles. The fourth-order valence-electron chi connectivity index (χ4n) is 6.03. The molecule has 0 saturated heterocycles. The lowest BCUT2D eigenvalue weighted by molar-refractivity contribution is 1.13. The van der Waals surface area contributed by atoms with Crippen LogP contribution in [0.15, 0.2) is 170 Å². The van der Waals surface area contributed by atoms with Gasteiger partial charge in [-0.25, -0.2) is 0 Å². The molecular formula is C41H32N2. The lowest BCUT2D eigenvalue weighted by Crippen LogP contribution is -1.98. The number of allylic oxidation sites excluding steroid dienone is 5. The van der Waals surface area contributed by atoms with Crippen molar-refractivity contribution in [3.8, 4) is 39.3 Å². The molecule has 7 rings (SSSR count). The zero-order valence-electron chi connectivity index (χ0n) is 24.2. The van der Waals surface area contributed by atoms with E-state index in [2.05, 4.69) is 180 Å². The Morgan fingerprint density at radius 2 is 1.09 bits per heavy atom. The van der Waals surface area contributed by atoms with Gasteiger partial charge < -0.3 is 9.13 Å². The summed E-state index contributed by atoms with van der Waals surface area (Å²) < 4.78 is 4.72. The van der Waals surface area contributed by atoms with Crippen molar-refractivity contribution < 1.29 is 0 Å². The predicted octanol–water partition coefficient (Wildman–Crippen LogP) is 11.2. The van der Waals surface area contributed by atoms with E-state index in [1.807, 2.05) is 6.08 Å². The molecule has 0 unspecified atom stereocenters. The minimum absolute atomic E-state index is 1.07. The average molecular weight is 553 g/mol. The van der Waals surface area contributed by atoms with Crippen LogP contribution in [0.2, 0.25) is 0 Å². The van der Waals surface area contributed by atoms with Crippen molar-refractivity contribution in [3.63, 3.8) is 0 Å². The van der Waals surface area contributed by atoms with Gasteiger partial charge in [-0.3, -0.25) is 0 Å². The zero-order valence-corrected chi connectivity index (χ0v) is 24.2. The summed E-state index contributed by atoms with van der Waals surface area (Å²) >= 11 is 0. The molecule has 0 amide bonds. The highest BCUT2D eigenvalue weighted by Gasteiger charge is 2.16. The van der Waals surface area contributed by atoms with E-state index in [0.717, 1.165) is 22.6 Å². The molecule has 43 heavy (non-hydrogen) atoms. The topological polar surface area (TPSA) is 9.86 Å². The first kappa shape index (κ1) is 26.3. The number of rotatable bonds is 7. The first-order chi connectivity index (χ1) is 21.2. The Hall–Kier alpha value is -5.60. The van der Waals surface area contributed by atoms with Crippen LogP contribution in [-0.4, -0.2) is 9.13 Å². The fraction of sp³-hybridized carbons (Fsp3) is 0.0244. The van der Waals surface area contributed by atoms with Gasteiger partial charge in [0.2, 0.25) is 0 Å². The van der Waals surface area contributed by atoms with Gasteiger partial charge in [-0.2, -0.15) is 0 Å². The molecule has 206 valence electrons. The molecule has 0 spiro atoms. The van der Waals surface area contributed by atoms with Crippen molar-refractivity contribution in [1.29, 1.82) is 0 Å². The number of para-hydroxylation sites is 1. The summed E-state index contributed by atoms with van der Waals surface area (Å²) in [4.78, 5) is 0. The van der Waals surface area contributed by atoms with Gasteiger partial charge >= 0.3 is 0 Å². The molecule has 0 aliphatic carbocycles. The summed E-state index contributed by atoms with van der Waals surface area (Å²) in [5.74, 6) is 0. The molecule has 0 aliphatic rings. The van der Waals surface area contributed by atoms with Crippen molar-refractivity contribution in [3.05, 3.63) is 170 Å². The Balaban J connectivity index is 1.45. The van der Waals surface area contributed by atoms with Gasteiger partial charge in [-0.15, -0.1) is 0 Å². The van der Waals surface area contributed by atoms with Crippen LogP contribution in [0.25, 0.3) is 66.8 Å². The third-order valence-electron chi connectivity index (χ3n) is 7.98. The number of benzene rings is 5. The Morgan fingerprint density at radius 1 is 0.558 bits per heavy atom. The van der Waals surface area contributed by atoms with E-state index >= 15 is 0 Å². The first-order valence-electron chi connectivity index (χ1n) is 14.7. The maximum absolute atomic E-state index is 4.00. The van der Waals surface area contributed by atoms with E-state index in [4.69, 9.17) is 0 Å². The van der Waals surface area contributed by atoms with Gasteiger partial charge in [-0.1, -0.05) is 122 Å².